The lowest BCUT2D eigenvalue weighted by atomic mass is 10.2. The second kappa shape index (κ2) is 8.76. The first-order chi connectivity index (χ1) is 14.2. The Morgan fingerprint density at radius 2 is 2.24 bits per heavy atom. The number of amides is 1. The monoisotopic (exact) mass is 407 g/mol. The molecular weight excluding hydrogens is 382 g/mol. The molecule has 5 nitrogen and oxygen atoms in total. The van der Waals surface area contributed by atoms with Crippen LogP contribution < -0.4 is 5.32 Å². The summed E-state index contributed by atoms with van der Waals surface area (Å²) in [5.74, 6) is -0.0896. The van der Waals surface area contributed by atoms with Gasteiger partial charge in [-0.3, -0.25) is 4.79 Å². The quantitative estimate of drug-likeness (QED) is 0.579. The van der Waals surface area contributed by atoms with Crippen molar-refractivity contribution in [2.45, 2.75) is 32.4 Å². The van der Waals surface area contributed by atoms with E-state index in [2.05, 4.69) is 34.0 Å². The van der Waals surface area contributed by atoms with E-state index in [0.29, 0.717) is 12.1 Å². The Labute approximate surface area is 175 Å². The number of carbonyl (C=O) groups excluding carboxylic acids is 1. The molecule has 2 aromatic heterocycles. The molecule has 0 bridgehead atoms. The standard InChI is InChI=1S/C23H25N3O2S/c1-3-11-24-22(27)19-13-21(26(16(19)2)14-18-10-7-12-28-18)20-15-29-23(25-20)17-8-5-4-6-9-17/h3-6,8-9,13,15,18H,1,7,10-12,14H2,2H3,(H,24,27). The summed E-state index contributed by atoms with van der Waals surface area (Å²) in [6.07, 6.45) is 3.99. The second-order valence-corrected chi connectivity index (χ2v) is 8.04. The van der Waals surface area contributed by atoms with Gasteiger partial charge in [0, 0.05) is 36.3 Å². The van der Waals surface area contributed by atoms with Gasteiger partial charge in [-0.15, -0.1) is 17.9 Å². The molecule has 0 aliphatic carbocycles. The van der Waals surface area contributed by atoms with Gasteiger partial charge in [-0.05, 0) is 25.8 Å². The third-order valence-corrected chi connectivity index (χ3v) is 6.11. The van der Waals surface area contributed by atoms with E-state index >= 15 is 0 Å². The Balaban J connectivity index is 1.71. The van der Waals surface area contributed by atoms with Crippen LogP contribution in [0.25, 0.3) is 22.0 Å². The minimum atomic E-state index is -0.0896. The Morgan fingerprint density at radius 1 is 1.41 bits per heavy atom. The Hall–Kier alpha value is -2.70. The van der Waals surface area contributed by atoms with Gasteiger partial charge in [-0.25, -0.2) is 4.98 Å². The van der Waals surface area contributed by atoms with Gasteiger partial charge in [-0.2, -0.15) is 0 Å². The zero-order valence-electron chi connectivity index (χ0n) is 16.6. The van der Waals surface area contributed by atoms with Crippen LogP contribution in [0, 0.1) is 6.92 Å². The highest BCUT2D eigenvalue weighted by atomic mass is 32.1. The molecule has 1 amide bonds. The Kier molecular flexibility index (Phi) is 5.92. The average Bonchev–Trinajstić information content (AvgIpc) is 3.49. The maximum atomic E-state index is 12.7. The molecule has 0 spiro atoms. The summed E-state index contributed by atoms with van der Waals surface area (Å²) in [5.41, 5.74) is 4.56. The normalized spacial score (nSPS) is 16.1. The summed E-state index contributed by atoms with van der Waals surface area (Å²) < 4.78 is 8.04. The van der Waals surface area contributed by atoms with Crippen LogP contribution in [-0.2, 0) is 11.3 Å². The first kappa shape index (κ1) is 19.6. The summed E-state index contributed by atoms with van der Waals surface area (Å²) in [5, 5.41) is 5.92. The Bertz CT molecular complexity index is 1000. The number of benzene rings is 1. The summed E-state index contributed by atoms with van der Waals surface area (Å²) in [7, 11) is 0. The van der Waals surface area contributed by atoms with Crippen LogP contribution in [-0.4, -0.2) is 34.7 Å². The molecular formula is C23H25N3O2S. The van der Waals surface area contributed by atoms with Crippen molar-refractivity contribution in [3.8, 4) is 22.0 Å². The number of aromatic nitrogens is 2. The number of hydrogen-bond acceptors (Lipinski definition) is 4. The maximum absolute atomic E-state index is 12.7. The van der Waals surface area contributed by atoms with Crippen LogP contribution in [0.1, 0.15) is 28.9 Å². The van der Waals surface area contributed by atoms with Crippen molar-refractivity contribution >= 4 is 17.2 Å². The zero-order valence-corrected chi connectivity index (χ0v) is 17.4. The van der Waals surface area contributed by atoms with E-state index in [4.69, 9.17) is 9.72 Å². The molecule has 1 aromatic carbocycles. The number of nitrogens with one attached hydrogen (secondary N) is 1. The number of thiazole rings is 1. The number of carbonyl (C=O) groups is 1. The molecule has 0 radical (unpaired) electrons. The van der Waals surface area contributed by atoms with E-state index < -0.39 is 0 Å². The van der Waals surface area contributed by atoms with Crippen LogP contribution in [0.15, 0.2) is 54.4 Å². The van der Waals surface area contributed by atoms with Gasteiger partial charge >= 0.3 is 0 Å². The molecule has 1 aliphatic rings. The summed E-state index contributed by atoms with van der Waals surface area (Å²) >= 11 is 1.62. The molecule has 1 aliphatic heterocycles. The number of hydrogen-bond donors (Lipinski definition) is 1. The number of nitrogens with zero attached hydrogens (tertiary/aromatic N) is 2. The predicted molar refractivity (Wildman–Crippen MR) is 117 cm³/mol. The fourth-order valence-corrected chi connectivity index (χ4v) is 4.50. The summed E-state index contributed by atoms with van der Waals surface area (Å²) in [6, 6.07) is 12.1. The third kappa shape index (κ3) is 4.18. The van der Waals surface area contributed by atoms with Crippen LogP contribution in [0.3, 0.4) is 0 Å². The van der Waals surface area contributed by atoms with E-state index in [1.807, 2.05) is 31.2 Å². The lowest BCUT2D eigenvalue weighted by molar-refractivity contribution is 0.0944. The van der Waals surface area contributed by atoms with Gasteiger partial charge in [0.1, 0.15) is 5.01 Å². The van der Waals surface area contributed by atoms with Gasteiger partial charge in [0.15, 0.2) is 0 Å². The molecule has 6 heteroatoms. The van der Waals surface area contributed by atoms with Crippen LogP contribution >= 0.6 is 11.3 Å². The van der Waals surface area contributed by atoms with Gasteiger partial charge in [-0.1, -0.05) is 36.4 Å². The van der Waals surface area contributed by atoms with Crippen LogP contribution in [0.2, 0.25) is 0 Å². The fraction of sp³-hybridized carbons (Fsp3) is 0.304. The number of rotatable bonds is 7. The van der Waals surface area contributed by atoms with Crippen molar-refractivity contribution in [2.24, 2.45) is 0 Å². The highest BCUT2D eigenvalue weighted by molar-refractivity contribution is 7.13. The summed E-state index contributed by atoms with van der Waals surface area (Å²) in [4.78, 5) is 17.5. The van der Waals surface area contributed by atoms with Crippen molar-refractivity contribution in [1.82, 2.24) is 14.9 Å². The first-order valence-electron chi connectivity index (χ1n) is 9.89. The molecule has 3 aromatic rings. The molecule has 29 heavy (non-hydrogen) atoms. The highest BCUT2D eigenvalue weighted by Crippen LogP contribution is 2.32. The fourth-order valence-electron chi connectivity index (χ4n) is 3.68. The first-order valence-corrected chi connectivity index (χ1v) is 10.8. The van der Waals surface area contributed by atoms with Crippen molar-refractivity contribution < 1.29 is 9.53 Å². The highest BCUT2D eigenvalue weighted by Gasteiger charge is 2.24. The van der Waals surface area contributed by atoms with Crippen molar-refractivity contribution in [3.05, 3.63) is 65.7 Å². The lowest BCUT2D eigenvalue weighted by Gasteiger charge is -2.15. The number of ether oxygens (including phenoxy) is 1. The molecule has 0 saturated carbocycles. The molecule has 1 unspecified atom stereocenters. The van der Waals surface area contributed by atoms with Crippen molar-refractivity contribution in [1.29, 1.82) is 0 Å². The SMILES string of the molecule is C=CCNC(=O)c1cc(-c2csc(-c3ccccc3)n2)n(CC2CCCO2)c1C. The molecule has 1 fully saturated rings. The van der Waals surface area contributed by atoms with E-state index in [1.165, 1.54) is 0 Å². The third-order valence-electron chi connectivity index (χ3n) is 5.22. The molecule has 150 valence electrons. The van der Waals surface area contributed by atoms with Gasteiger partial charge < -0.3 is 14.6 Å². The van der Waals surface area contributed by atoms with Crippen LogP contribution in [0.4, 0.5) is 0 Å². The van der Waals surface area contributed by atoms with Crippen molar-refractivity contribution in [3.63, 3.8) is 0 Å². The lowest BCUT2D eigenvalue weighted by Crippen LogP contribution is -2.24. The Morgan fingerprint density at radius 3 is 2.97 bits per heavy atom. The summed E-state index contributed by atoms with van der Waals surface area (Å²) in [6.45, 7) is 7.65. The molecule has 3 heterocycles. The van der Waals surface area contributed by atoms with E-state index in [9.17, 15) is 4.79 Å². The predicted octanol–water partition coefficient (Wildman–Crippen LogP) is 4.68. The van der Waals surface area contributed by atoms with Gasteiger partial charge in [0.25, 0.3) is 5.91 Å². The van der Waals surface area contributed by atoms with E-state index in [-0.39, 0.29) is 12.0 Å². The molecule has 1 atom stereocenters. The van der Waals surface area contributed by atoms with Crippen LogP contribution in [0.5, 0.6) is 0 Å². The second-order valence-electron chi connectivity index (χ2n) is 7.18. The minimum Gasteiger partial charge on any atom is -0.376 e. The van der Waals surface area contributed by atoms with E-state index in [1.54, 1.807) is 17.4 Å². The molecule has 1 saturated heterocycles. The van der Waals surface area contributed by atoms with E-state index in [0.717, 1.165) is 53.6 Å². The van der Waals surface area contributed by atoms with Crippen molar-refractivity contribution in [2.75, 3.05) is 13.2 Å². The van der Waals surface area contributed by atoms with Gasteiger partial charge in [0.2, 0.25) is 0 Å². The molecule has 1 N–H and O–H groups in total. The topological polar surface area (TPSA) is 56.2 Å². The maximum Gasteiger partial charge on any atom is 0.253 e. The minimum absolute atomic E-state index is 0.0896. The smallest absolute Gasteiger partial charge is 0.253 e. The van der Waals surface area contributed by atoms with Gasteiger partial charge in [0.05, 0.1) is 23.1 Å². The molecule has 4 rings (SSSR count). The largest absolute Gasteiger partial charge is 0.376 e. The average molecular weight is 408 g/mol. The zero-order chi connectivity index (χ0) is 20.2.